The highest BCUT2D eigenvalue weighted by molar-refractivity contribution is 5.65. The van der Waals surface area contributed by atoms with Crippen LogP contribution in [0.25, 0.3) is 0 Å². The summed E-state index contributed by atoms with van der Waals surface area (Å²) in [5, 5.41) is 0. The van der Waals surface area contributed by atoms with Gasteiger partial charge in [-0.2, -0.15) is 0 Å². The third kappa shape index (κ3) is 2.25. The summed E-state index contributed by atoms with van der Waals surface area (Å²) in [7, 11) is 0. The smallest absolute Gasteiger partial charge is 0.405 e. The lowest BCUT2D eigenvalue weighted by Gasteiger charge is -2.27. The van der Waals surface area contributed by atoms with Gasteiger partial charge in [0, 0.05) is 0 Å². The molecule has 1 atom stereocenters. The van der Waals surface area contributed by atoms with Crippen molar-refractivity contribution < 1.29 is 9.53 Å². The minimum atomic E-state index is -0.738. The van der Waals surface area contributed by atoms with E-state index < -0.39 is 11.7 Å². The number of primary amides is 1. The molecule has 1 aromatic carbocycles. The lowest BCUT2D eigenvalue weighted by Crippen LogP contribution is -2.31. The van der Waals surface area contributed by atoms with Crippen molar-refractivity contribution >= 4 is 6.09 Å². The molecule has 0 radical (unpaired) electrons. The maximum atomic E-state index is 10.7. The summed E-state index contributed by atoms with van der Waals surface area (Å²) >= 11 is 0. The van der Waals surface area contributed by atoms with E-state index in [0.29, 0.717) is 6.42 Å². The molecule has 3 nitrogen and oxygen atoms in total. The summed E-state index contributed by atoms with van der Waals surface area (Å²) in [6.45, 7) is 3.81. The van der Waals surface area contributed by atoms with Crippen LogP contribution in [-0.2, 0) is 10.3 Å². The van der Waals surface area contributed by atoms with Crippen molar-refractivity contribution in [2.24, 2.45) is 5.73 Å². The second-order valence-corrected chi connectivity index (χ2v) is 3.37. The van der Waals surface area contributed by atoms with Gasteiger partial charge < -0.3 is 10.5 Å². The van der Waals surface area contributed by atoms with Crippen molar-refractivity contribution in [1.29, 1.82) is 0 Å². The molecule has 0 spiro atoms. The molecule has 1 aromatic rings. The van der Waals surface area contributed by atoms with Gasteiger partial charge in [0.05, 0.1) is 0 Å². The molecule has 0 fully saturated rings. The molecule has 0 saturated carbocycles. The fraction of sp³-hybridized carbons (Fsp3) is 0.364. The number of carbonyl (C=O) groups excluding carboxylic acids is 1. The van der Waals surface area contributed by atoms with Crippen molar-refractivity contribution in [1.82, 2.24) is 0 Å². The molecule has 1 unspecified atom stereocenters. The van der Waals surface area contributed by atoms with Crippen LogP contribution < -0.4 is 5.73 Å². The Morgan fingerprint density at radius 3 is 2.43 bits per heavy atom. The van der Waals surface area contributed by atoms with Gasteiger partial charge in [-0.05, 0) is 18.9 Å². The van der Waals surface area contributed by atoms with Gasteiger partial charge in [-0.3, -0.25) is 0 Å². The number of amides is 1. The van der Waals surface area contributed by atoms with Crippen LogP contribution in [0.15, 0.2) is 30.3 Å². The number of hydrogen-bond acceptors (Lipinski definition) is 2. The Labute approximate surface area is 83.9 Å². The minimum Gasteiger partial charge on any atom is -0.439 e. The number of benzene rings is 1. The minimum absolute atomic E-state index is 0.618. The zero-order valence-electron chi connectivity index (χ0n) is 8.49. The zero-order valence-corrected chi connectivity index (χ0v) is 8.49. The van der Waals surface area contributed by atoms with Crippen LogP contribution in [0, 0.1) is 0 Å². The van der Waals surface area contributed by atoms with E-state index in [0.717, 1.165) is 5.56 Å². The number of nitrogens with two attached hydrogens (primary N) is 1. The molecular weight excluding hydrogens is 178 g/mol. The molecule has 0 heterocycles. The first-order valence-electron chi connectivity index (χ1n) is 4.62. The number of rotatable bonds is 3. The summed E-state index contributed by atoms with van der Waals surface area (Å²) in [6, 6.07) is 9.59. The van der Waals surface area contributed by atoms with Crippen LogP contribution in [0.3, 0.4) is 0 Å². The van der Waals surface area contributed by atoms with Crippen LogP contribution in [-0.4, -0.2) is 6.09 Å². The topological polar surface area (TPSA) is 52.3 Å². The second-order valence-electron chi connectivity index (χ2n) is 3.37. The Morgan fingerprint density at radius 2 is 2.00 bits per heavy atom. The molecule has 3 heteroatoms. The average molecular weight is 193 g/mol. The largest absolute Gasteiger partial charge is 0.439 e. The summed E-state index contributed by atoms with van der Waals surface area (Å²) in [5.74, 6) is 0. The third-order valence-electron chi connectivity index (χ3n) is 2.38. The van der Waals surface area contributed by atoms with Crippen LogP contribution >= 0.6 is 0 Å². The van der Waals surface area contributed by atoms with Gasteiger partial charge in [0.2, 0.25) is 0 Å². The monoisotopic (exact) mass is 193 g/mol. The lowest BCUT2D eigenvalue weighted by molar-refractivity contribution is 0.0249. The van der Waals surface area contributed by atoms with Gasteiger partial charge in [-0.15, -0.1) is 0 Å². The standard InChI is InChI=1S/C11H15NO2/c1-3-11(2,14-10(12)13)9-7-5-4-6-8-9/h4-8H,3H2,1-2H3,(H2,12,13). The zero-order chi connectivity index (χ0) is 10.6. The molecule has 2 N–H and O–H groups in total. The maximum absolute atomic E-state index is 10.7. The molecule has 1 amide bonds. The molecule has 1 rings (SSSR count). The Kier molecular flexibility index (Phi) is 3.12. The molecule has 76 valence electrons. The Balaban J connectivity index is 2.95. The van der Waals surface area contributed by atoms with Gasteiger partial charge in [0.25, 0.3) is 0 Å². The summed E-state index contributed by atoms with van der Waals surface area (Å²) < 4.78 is 5.11. The van der Waals surface area contributed by atoms with Crippen molar-refractivity contribution in [2.75, 3.05) is 0 Å². The number of hydrogen-bond donors (Lipinski definition) is 1. The molecule has 0 aliphatic rings. The van der Waals surface area contributed by atoms with Gasteiger partial charge in [-0.1, -0.05) is 37.3 Å². The van der Waals surface area contributed by atoms with Gasteiger partial charge >= 0.3 is 6.09 Å². The second kappa shape index (κ2) is 4.13. The summed E-state index contributed by atoms with van der Waals surface area (Å²) in [6.07, 6.45) is -0.0434. The third-order valence-corrected chi connectivity index (χ3v) is 2.38. The van der Waals surface area contributed by atoms with Crippen LogP contribution in [0.5, 0.6) is 0 Å². The fourth-order valence-electron chi connectivity index (χ4n) is 1.35. The van der Waals surface area contributed by atoms with Crippen molar-refractivity contribution in [3.05, 3.63) is 35.9 Å². The van der Waals surface area contributed by atoms with Crippen LogP contribution in [0.1, 0.15) is 25.8 Å². The normalized spacial score (nSPS) is 14.4. The van der Waals surface area contributed by atoms with Gasteiger partial charge in [0.15, 0.2) is 0 Å². The highest BCUT2D eigenvalue weighted by Crippen LogP contribution is 2.28. The molecular formula is C11H15NO2. The van der Waals surface area contributed by atoms with E-state index in [9.17, 15) is 4.79 Å². The Hall–Kier alpha value is -1.51. The van der Waals surface area contributed by atoms with Crippen LogP contribution in [0.2, 0.25) is 0 Å². The molecule has 0 aromatic heterocycles. The first-order chi connectivity index (χ1) is 6.58. The maximum Gasteiger partial charge on any atom is 0.405 e. The highest BCUT2D eigenvalue weighted by atomic mass is 16.6. The summed E-state index contributed by atoms with van der Waals surface area (Å²) in [5.41, 5.74) is 5.37. The van der Waals surface area contributed by atoms with Gasteiger partial charge in [-0.25, -0.2) is 4.79 Å². The van der Waals surface area contributed by atoms with Gasteiger partial charge in [0.1, 0.15) is 5.60 Å². The molecule has 14 heavy (non-hydrogen) atoms. The van der Waals surface area contributed by atoms with E-state index in [1.165, 1.54) is 0 Å². The van der Waals surface area contributed by atoms with Crippen molar-refractivity contribution in [2.45, 2.75) is 25.9 Å². The van der Waals surface area contributed by atoms with E-state index in [-0.39, 0.29) is 0 Å². The SMILES string of the molecule is CCC(C)(OC(N)=O)c1ccccc1. The molecule has 0 saturated heterocycles. The predicted octanol–water partition coefficient (Wildman–Crippen LogP) is 2.41. The lowest BCUT2D eigenvalue weighted by atomic mass is 9.93. The first kappa shape index (κ1) is 10.6. The van der Waals surface area contributed by atoms with E-state index in [1.54, 1.807) is 0 Å². The highest BCUT2D eigenvalue weighted by Gasteiger charge is 2.27. The number of ether oxygens (including phenoxy) is 1. The van der Waals surface area contributed by atoms with E-state index in [1.807, 2.05) is 44.2 Å². The fourth-order valence-corrected chi connectivity index (χ4v) is 1.35. The molecule has 0 aliphatic heterocycles. The number of carbonyl (C=O) groups is 1. The first-order valence-corrected chi connectivity index (χ1v) is 4.62. The molecule has 0 aliphatic carbocycles. The van der Waals surface area contributed by atoms with E-state index >= 15 is 0 Å². The quantitative estimate of drug-likeness (QED) is 0.801. The van der Waals surface area contributed by atoms with Crippen LogP contribution in [0.4, 0.5) is 4.79 Å². The average Bonchev–Trinajstić information content (AvgIpc) is 2.18. The van der Waals surface area contributed by atoms with E-state index in [4.69, 9.17) is 10.5 Å². The van der Waals surface area contributed by atoms with E-state index in [2.05, 4.69) is 0 Å². The summed E-state index contributed by atoms with van der Waals surface area (Å²) in [4.78, 5) is 10.7. The molecule has 0 bridgehead atoms. The van der Waals surface area contributed by atoms with Crippen molar-refractivity contribution in [3.63, 3.8) is 0 Å². The Bertz CT molecular complexity index is 310. The van der Waals surface area contributed by atoms with Crippen molar-refractivity contribution in [3.8, 4) is 0 Å². The Morgan fingerprint density at radius 1 is 1.43 bits per heavy atom. The predicted molar refractivity (Wildman–Crippen MR) is 54.8 cm³/mol.